The monoisotopic (exact) mass is 273 g/mol. The van der Waals surface area contributed by atoms with Crippen LogP contribution in [0.1, 0.15) is 57.4 Å². The molecule has 112 valence electrons. The van der Waals surface area contributed by atoms with Crippen molar-refractivity contribution in [1.29, 1.82) is 0 Å². The van der Waals surface area contributed by atoms with Crippen LogP contribution in [0.3, 0.4) is 0 Å². The lowest BCUT2D eigenvalue weighted by molar-refractivity contribution is 0.254. The Balaban J connectivity index is 1.53. The second-order valence-electron chi connectivity index (χ2n) is 6.47. The molecule has 1 heteroatoms. The van der Waals surface area contributed by atoms with E-state index in [0.717, 1.165) is 24.8 Å². The van der Waals surface area contributed by atoms with Crippen LogP contribution < -0.4 is 5.32 Å². The SMILES string of the molecule is CCCCC1CCC(CNCCc2ccccc2)CC1. The van der Waals surface area contributed by atoms with Crippen molar-refractivity contribution >= 4 is 0 Å². The molecular formula is C19H31N. The summed E-state index contributed by atoms with van der Waals surface area (Å²) < 4.78 is 0. The standard InChI is InChI=1S/C19H31N/c1-2-3-7-18-10-12-19(13-11-18)16-20-15-14-17-8-5-4-6-9-17/h4-6,8-9,18-20H,2-3,7,10-16H2,1H3. The number of hydrogen-bond acceptors (Lipinski definition) is 1. The van der Waals surface area contributed by atoms with Crippen LogP contribution in [0.4, 0.5) is 0 Å². The van der Waals surface area contributed by atoms with Crippen molar-refractivity contribution in [2.75, 3.05) is 13.1 Å². The minimum absolute atomic E-state index is 0.934. The molecule has 1 nitrogen and oxygen atoms in total. The predicted molar refractivity (Wildman–Crippen MR) is 88.0 cm³/mol. The largest absolute Gasteiger partial charge is 0.316 e. The van der Waals surface area contributed by atoms with Crippen molar-refractivity contribution in [3.05, 3.63) is 35.9 Å². The zero-order valence-corrected chi connectivity index (χ0v) is 13.1. The molecule has 1 aromatic carbocycles. The highest BCUT2D eigenvalue weighted by molar-refractivity contribution is 5.14. The molecule has 0 spiro atoms. The topological polar surface area (TPSA) is 12.0 Å². The molecule has 1 aromatic rings. The van der Waals surface area contributed by atoms with Gasteiger partial charge in [-0.3, -0.25) is 0 Å². The van der Waals surface area contributed by atoms with Gasteiger partial charge < -0.3 is 5.32 Å². The van der Waals surface area contributed by atoms with Gasteiger partial charge in [0.05, 0.1) is 0 Å². The maximum absolute atomic E-state index is 3.66. The lowest BCUT2D eigenvalue weighted by Gasteiger charge is -2.28. The van der Waals surface area contributed by atoms with Crippen molar-refractivity contribution in [2.45, 2.75) is 58.3 Å². The summed E-state index contributed by atoms with van der Waals surface area (Å²) in [5.41, 5.74) is 1.45. The Morgan fingerprint density at radius 3 is 2.40 bits per heavy atom. The molecule has 0 unspecified atom stereocenters. The number of benzene rings is 1. The summed E-state index contributed by atoms with van der Waals surface area (Å²) in [5, 5.41) is 3.66. The first-order valence-electron chi connectivity index (χ1n) is 8.63. The number of rotatable bonds is 8. The molecular weight excluding hydrogens is 242 g/mol. The molecule has 0 amide bonds. The molecule has 0 aliphatic heterocycles. The van der Waals surface area contributed by atoms with Crippen LogP contribution in [0.2, 0.25) is 0 Å². The Morgan fingerprint density at radius 1 is 1.00 bits per heavy atom. The van der Waals surface area contributed by atoms with E-state index in [1.54, 1.807) is 0 Å². The zero-order valence-electron chi connectivity index (χ0n) is 13.1. The summed E-state index contributed by atoms with van der Waals surface area (Å²) in [4.78, 5) is 0. The molecule has 0 bridgehead atoms. The van der Waals surface area contributed by atoms with Crippen molar-refractivity contribution in [1.82, 2.24) is 5.32 Å². The first-order chi connectivity index (χ1) is 9.88. The smallest absolute Gasteiger partial charge is 0.000824 e. The van der Waals surface area contributed by atoms with Crippen molar-refractivity contribution in [3.8, 4) is 0 Å². The first-order valence-corrected chi connectivity index (χ1v) is 8.63. The minimum Gasteiger partial charge on any atom is -0.316 e. The van der Waals surface area contributed by atoms with Gasteiger partial charge in [-0.05, 0) is 49.8 Å². The summed E-state index contributed by atoms with van der Waals surface area (Å²) in [6, 6.07) is 10.8. The second kappa shape index (κ2) is 9.18. The van der Waals surface area contributed by atoms with Gasteiger partial charge in [-0.25, -0.2) is 0 Å². The second-order valence-corrected chi connectivity index (χ2v) is 6.47. The third-order valence-corrected chi connectivity index (χ3v) is 4.80. The minimum atomic E-state index is 0.934. The van der Waals surface area contributed by atoms with Gasteiger partial charge in [0.1, 0.15) is 0 Å². The summed E-state index contributed by atoms with van der Waals surface area (Å²) in [7, 11) is 0. The highest BCUT2D eigenvalue weighted by Gasteiger charge is 2.20. The van der Waals surface area contributed by atoms with Gasteiger partial charge in [0.2, 0.25) is 0 Å². The van der Waals surface area contributed by atoms with Crippen LogP contribution in [0.15, 0.2) is 30.3 Å². The lowest BCUT2D eigenvalue weighted by atomic mass is 9.80. The number of hydrogen-bond donors (Lipinski definition) is 1. The van der Waals surface area contributed by atoms with Gasteiger partial charge in [0, 0.05) is 0 Å². The van der Waals surface area contributed by atoms with Crippen LogP contribution in [0.25, 0.3) is 0 Å². The van der Waals surface area contributed by atoms with Crippen molar-refractivity contribution < 1.29 is 0 Å². The normalized spacial score (nSPS) is 22.9. The van der Waals surface area contributed by atoms with Gasteiger partial charge >= 0.3 is 0 Å². The van der Waals surface area contributed by atoms with Crippen LogP contribution >= 0.6 is 0 Å². The Morgan fingerprint density at radius 2 is 1.70 bits per heavy atom. The van der Waals surface area contributed by atoms with Gasteiger partial charge in [0.15, 0.2) is 0 Å². The summed E-state index contributed by atoms with van der Waals surface area (Å²) in [5.74, 6) is 1.97. The molecule has 1 aliphatic rings. The highest BCUT2D eigenvalue weighted by Crippen LogP contribution is 2.31. The zero-order chi connectivity index (χ0) is 14.0. The molecule has 1 saturated carbocycles. The van der Waals surface area contributed by atoms with E-state index in [0.29, 0.717) is 0 Å². The summed E-state index contributed by atoms with van der Waals surface area (Å²) in [6.45, 7) is 4.66. The average Bonchev–Trinajstić information content (AvgIpc) is 2.52. The molecule has 1 aliphatic carbocycles. The van der Waals surface area contributed by atoms with Crippen molar-refractivity contribution in [2.24, 2.45) is 11.8 Å². The third kappa shape index (κ3) is 5.66. The van der Waals surface area contributed by atoms with E-state index < -0.39 is 0 Å². The predicted octanol–water partition coefficient (Wildman–Crippen LogP) is 4.82. The van der Waals surface area contributed by atoms with E-state index in [9.17, 15) is 0 Å². The van der Waals surface area contributed by atoms with E-state index in [2.05, 4.69) is 42.6 Å². The van der Waals surface area contributed by atoms with Gasteiger partial charge in [-0.2, -0.15) is 0 Å². The Labute approximate surface area is 125 Å². The summed E-state index contributed by atoms with van der Waals surface area (Å²) in [6.07, 6.45) is 11.3. The Kier molecular flexibility index (Phi) is 7.14. The fourth-order valence-electron chi connectivity index (χ4n) is 3.40. The van der Waals surface area contributed by atoms with E-state index in [1.807, 2.05) is 0 Å². The molecule has 0 saturated heterocycles. The van der Waals surface area contributed by atoms with Gasteiger partial charge in [-0.15, -0.1) is 0 Å². The van der Waals surface area contributed by atoms with Crippen LogP contribution in [-0.4, -0.2) is 13.1 Å². The molecule has 0 aromatic heterocycles. The van der Waals surface area contributed by atoms with Crippen LogP contribution in [0.5, 0.6) is 0 Å². The Bertz CT molecular complexity index is 338. The molecule has 1 N–H and O–H groups in total. The fourth-order valence-corrected chi connectivity index (χ4v) is 3.40. The molecule has 0 atom stereocenters. The van der Waals surface area contributed by atoms with Gasteiger partial charge in [-0.1, -0.05) is 69.4 Å². The van der Waals surface area contributed by atoms with E-state index in [1.165, 1.54) is 57.1 Å². The van der Waals surface area contributed by atoms with Crippen LogP contribution in [-0.2, 0) is 6.42 Å². The molecule has 0 radical (unpaired) electrons. The quantitative estimate of drug-likeness (QED) is 0.670. The molecule has 1 fully saturated rings. The number of nitrogens with one attached hydrogen (secondary N) is 1. The highest BCUT2D eigenvalue weighted by atomic mass is 14.9. The number of unbranched alkanes of at least 4 members (excludes halogenated alkanes) is 1. The maximum atomic E-state index is 3.66. The maximum Gasteiger partial charge on any atom is -0.000824 e. The van der Waals surface area contributed by atoms with Gasteiger partial charge in [0.25, 0.3) is 0 Å². The first kappa shape index (κ1) is 15.6. The van der Waals surface area contributed by atoms with Crippen LogP contribution in [0, 0.1) is 11.8 Å². The lowest BCUT2D eigenvalue weighted by Crippen LogP contribution is -2.28. The molecule has 0 heterocycles. The Hall–Kier alpha value is -0.820. The molecule has 20 heavy (non-hydrogen) atoms. The van der Waals surface area contributed by atoms with Crippen molar-refractivity contribution in [3.63, 3.8) is 0 Å². The molecule has 2 rings (SSSR count). The third-order valence-electron chi connectivity index (χ3n) is 4.80. The summed E-state index contributed by atoms with van der Waals surface area (Å²) >= 11 is 0. The van der Waals surface area contributed by atoms with E-state index >= 15 is 0 Å². The van der Waals surface area contributed by atoms with E-state index in [4.69, 9.17) is 0 Å². The fraction of sp³-hybridized carbons (Fsp3) is 0.684. The van der Waals surface area contributed by atoms with E-state index in [-0.39, 0.29) is 0 Å². The average molecular weight is 273 g/mol.